The van der Waals surface area contributed by atoms with Crippen molar-refractivity contribution in [2.24, 2.45) is 0 Å². The quantitative estimate of drug-likeness (QED) is 0.787. The third-order valence-electron chi connectivity index (χ3n) is 2.47. The third-order valence-corrected chi connectivity index (χ3v) is 3.46. The zero-order valence-electron chi connectivity index (χ0n) is 11.9. The highest BCUT2D eigenvalue weighted by Gasteiger charge is 2.23. The summed E-state index contributed by atoms with van der Waals surface area (Å²) in [6, 6.07) is 0.344. The van der Waals surface area contributed by atoms with Crippen LogP contribution in [-0.4, -0.2) is 34.4 Å². The predicted octanol–water partition coefficient (Wildman–Crippen LogP) is 2.58. The molecule has 0 aliphatic rings. The predicted molar refractivity (Wildman–Crippen MR) is 81.7 cm³/mol. The molecule has 0 aliphatic heterocycles. The molecule has 0 aromatic carbocycles. The minimum Gasteiger partial charge on any atom is -0.382 e. The van der Waals surface area contributed by atoms with Crippen molar-refractivity contribution in [3.63, 3.8) is 0 Å². The fraction of sp³-hybridized carbons (Fsp3) is 0.538. The van der Waals surface area contributed by atoms with Gasteiger partial charge in [-0.25, -0.2) is 4.98 Å². The molecular formula is C13H22N4OS. The lowest BCUT2D eigenvalue weighted by molar-refractivity contribution is 0.0734. The second-order valence-corrected chi connectivity index (χ2v) is 5.87. The van der Waals surface area contributed by atoms with Crippen LogP contribution in [0.25, 0.3) is 0 Å². The van der Waals surface area contributed by atoms with Crippen LogP contribution in [0.5, 0.6) is 0 Å². The molecule has 1 aromatic heterocycles. The molecular weight excluding hydrogens is 260 g/mol. The smallest absolute Gasteiger partial charge is 0.268 e. The van der Waals surface area contributed by atoms with E-state index in [1.165, 1.54) is 11.3 Å². The summed E-state index contributed by atoms with van der Waals surface area (Å²) >= 11 is 1.29. The van der Waals surface area contributed by atoms with E-state index in [4.69, 9.17) is 5.73 Å². The van der Waals surface area contributed by atoms with E-state index < -0.39 is 0 Å². The minimum absolute atomic E-state index is 0.0912. The number of anilines is 2. The van der Waals surface area contributed by atoms with Crippen LogP contribution in [0.2, 0.25) is 0 Å². The Morgan fingerprint density at radius 3 is 2.63 bits per heavy atom. The molecule has 0 atom stereocenters. The highest BCUT2D eigenvalue weighted by atomic mass is 32.1. The molecule has 1 rings (SSSR count). The van der Waals surface area contributed by atoms with Crippen LogP contribution in [-0.2, 0) is 0 Å². The zero-order chi connectivity index (χ0) is 14.6. The molecule has 0 radical (unpaired) electrons. The first-order valence-electron chi connectivity index (χ1n) is 6.31. The summed E-state index contributed by atoms with van der Waals surface area (Å²) < 4.78 is 0. The normalized spacial score (nSPS) is 10.8. The molecule has 6 heteroatoms. The molecule has 0 aliphatic carbocycles. The first kappa shape index (κ1) is 15.5. The number of nitrogen functional groups attached to an aromatic ring is 1. The van der Waals surface area contributed by atoms with Crippen LogP contribution in [0.3, 0.4) is 0 Å². The Balaban J connectivity index is 2.97. The van der Waals surface area contributed by atoms with Gasteiger partial charge in [-0.3, -0.25) is 4.79 Å². The average Bonchev–Trinajstić information content (AvgIpc) is 2.64. The summed E-state index contributed by atoms with van der Waals surface area (Å²) in [5.41, 5.74) is 5.84. The van der Waals surface area contributed by atoms with Gasteiger partial charge < -0.3 is 16.0 Å². The fourth-order valence-corrected chi connectivity index (χ4v) is 2.58. The molecule has 106 valence electrons. The maximum absolute atomic E-state index is 12.4. The van der Waals surface area contributed by atoms with Gasteiger partial charge in [-0.05, 0) is 27.7 Å². The van der Waals surface area contributed by atoms with Crippen molar-refractivity contribution < 1.29 is 4.79 Å². The maximum Gasteiger partial charge on any atom is 0.268 e. The van der Waals surface area contributed by atoms with Crippen LogP contribution in [0.4, 0.5) is 10.9 Å². The molecule has 0 saturated carbocycles. The fourth-order valence-electron chi connectivity index (χ4n) is 1.59. The van der Waals surface area contributed by atoms with Crippen molar-refractivity contribution in [3.8, 4) is 0 Å². The summed E-state index contributed by atoms with van der Waals surface area (Å²) in [6.45, 7) is 12.1. The highest BCUT2D eigenvalue weighted by Crippen LogP contribution is 2.27. The van der Waals surface area contributed by atoms with E-state index in [0.29, 0.717) is 16.6 Å². The van der Waals surface area contributed by atoms with Crippen molar-refractivity contribution in [2.75, 3.05) is 17.6 Å². The Morgan fingerprint density at radius 1 is 1.53 bits per heavy atom. The van der Waals surface area contributed by atoms with E-state index in [1.54, 1.807) is 11.0 Å². The molecule has 1 aromatic rings. The molecule has 0 fully saturated rings. The number of thiazole rings is 1. The number of amides is 1. The van der Waals surface area contributed by atoms with Gasteiger partial charge in [-0.15, -0.1) is 6.58 Å². The van der Waals surface area contributed by atoms with Crippen LogP contribution >= 0.6 is 11.3 Å². The van der Waals surface area contributed by atoms with E-state index in [-0.39, 0.29) is 23.8 Å². The molecule has 19 heavy (non-hydrogen) atoms. The van der Waals surface area contributed by atoms with Gasteiger partial charge in [0, 0.05) is 18.6 Å². The highest BCUT2D eigenvalue weighted by molar-refractivity contribution is 7.18. The number of rotatable bonds is 6. The lowest BCUT2D eigenvalue weighted by Crippen LogP contribution is -2.36. The Hall–Kier alpha value is -1.56. The molecule has 1 heterocycles. The van der Waals surface area contributed by atoms with Crippen LogP contribution in [0, 0.1) is 0 Å². The number of nitrogens with one attached hydrogen (secondary N) is 1. The lowest BCUT2D eigenvalue weighted by atomic mass is 10.3. The first-order chi connectivity index (χ1) is 8.86. The van der Waals surface area contributed by atoms with Gasteiger partial charge >= 0.3 is 0 Å². The van der Waals surface area contributed by atoms with Crippen molar-refractivity contribution in [1.82, 2.24) is 9.88 Å². The Kier molecular flexibility index (Phi) is 5.35. The number of hydrogen-bond donors (Lipinski definition) is 2. The molecule has 3 N–H and O–H groups in total. The number of aromatic nitrogens is 1. The second kappa shape index (κ2) is 6.56. The number of carbonyl (C=O) groups is 1. The summed E-state index contributed by atoms with van der Waals surface area (Å²) in [4.78, 5) is 18.8. The molecule has 1 amide bonds. The Bertz CT molecular complexity index is 453. The monoisotopic (exact) mass is 282 g/mol. The number of nitrogens with two attached hydrogens (primary N) is 1. The summed E-state index contributed by atoms with van der Waals surface area (Å²) in [7, 11) is 0. The lowest BCUT2D eigenvalue weighted by Gasteiger charge is -2.24. The van der Waals surface area contributed by atoms with Crippen LogP contribution < -0.4 is 11.1 Å². The number of carbonyl (C=O) groups excluding carboxylic acids is 1. The second-order valence-electron chi connectivity index (χ2n) is 4.87. The van der Waals surface area contributed by atoms with Crippen molar-refractivity contribution in [1.29, 1.82) is 0 Å². The molecule has 0 spiro atoms. The van der Waals surface area contributed by atoms with Gasteiger partial charge in [0.25, 0.3) is 5.91 Å². The Morgan fingerprint density at radius 2 is 2.16 bits per heavy atom. The van der Waals surface area contributed by atoms with Gasteiger partial charge in [-0.2, -0.15) is 0 Å². The minimum atomic E-state index is -0.0956. The molecule has 0 unspecified atom stereocenters. The topological polar surface area (TPSA) is 71.2 Å². The number of nitrogens with zero attached hydrogens (tertiary/aromatic N) is 2. The van der Waals surface area contributed by atoms with E-state index in [2.05, 4.69) is 16.9 Å². The van der Waals surface area contributed by atoms with Gasteiger partial charge in [0.2, 0.25) is 0 Å². The van der Waals surface area contributed by atoms with Gasteiger partial charge in [0.1, 0.15) is 10.7 Å². The van der Waals surface area contributed by atoms with E-state index in [1.807, 2.05) is 27.7 Å². The largest absolute Gasteiger partial charge is 0.382 e. The van der Waals surface area contributed by atoms with Crippen molar-refractivity contribution in [2.45, 2.75) is 39.8 Å². The zero-order valence-corrected chi connectivity index (χ0v) is 12.8. The average molecular weight is 282 g/mol. The number of hydrogen-bond acceptors (Lipinski definition) is 5. The summed E-state index contributed by atoms with van der Waals surface area (Å²) in [5.74, 6) is 0.189. The third kappa shape index (κ3) is 3.96. The summed E-state index contributed by atoms with van der Waals surface area (Å²) in [5, 5.41) is 3.84. The Labute approximate surface area is 118 Å². The summed E-state index contributed by atoms with van der Waals surface area (Å²) in [6.07, 6.45) is 1.71. The molecule has 0 bridgehead atoms. The van der Waals surface area contributed by atoms with E-state index in [0.717, 1.165) is 0 Å². The van der Waals surface area contributed by atoms with Crippen molar-refractivity contribution >= 4 is 28.2 Å². The van der Waals surface area contributed by atoms with E-state index >= 15 is 0 Å². The van der Waals surface area contributed by atoms with Crippen molar-refractivity contribution in [3.05, 3.63) is 17.5 Å². The molecule has 5 nitrogen and oxygen atoms in total. The van der Waals surface area contributed by atoms with Crippen LogP contribution in [0.15, 0.2) is 12.7 Å². The van der Waals surface area contributed by atoms with Crippen LogP contribution in [0.1, 0.15) is 37.4 Å². The van der Waals surface area contributed by atoms with Gasteiger partial charge in [0.05, 0.1) is 0 Å². The standard InChI is InChI=1S/C13H22N4OS/c1-6-7-17(9(4)5)12(18)10-11(14)16-13(19-10)15-8(2)3/h6,8-9H,1,7,14H2,2-5H3,(H,15,16). The van der Waals surface area contributed by atoms with Gasteiger partial charge in [0.15, 0.2) is 5.13 Å². The SMILES string of the molecule is C=CCN(C(=O)c1sc(NC(C)C)nc1N)C(C)C. The maximum atomic E-state index is 12.4. The molecule has 0 saturated heterocycles. The van der Waals surface area contributed by atoms with Gasteiger partial charge in [-0.1, -0.05) is 17.4 Å². The van der Waals surface area contributed by atoms with E-state index in [9.17, 15) is 4.79 Å². The first-order valence-corrected chi connectivity index (χ1v) is 7.13.